The van der Waals surface area contributed by atoms with Crippen molar-refractivity contribution >= 4 is 0 Å². The summed E-state index contributed by atoms with van der Waals surface area (Å²) in [6, 6.07) is 0. The minimum atomic E-state index is -1.96. The van der Waals surface area contributed by atoms with E-state index in [9.17, 15) is 8.78 Å². The zero-order valence-corrected chi connectivity index (χ0v) is 3.37. The molecular formula is C3H5F2O. The smallest absolute Gasteiger partial charge is 0.314 e. The summed E-state index contributed by atoms with van der Waals surface area (Å²) in [6.07, 6.45) is 0. The van der Waals surface area contributed by atoms with Gasteiger partial charge in [0.1, 0.15) is 0 Å². The van der Waals surface area contributed by atoms with E-state index in [-0.39, 0.29) is 6.61 Å². The number of hydrogen-bond donors (Lipinski definition) is 0. The standard InChI is InChI=1S/C3H5F2O/c1-2-6-3(4)5/h2H2,1H3. The fourth-order valence-electron chi connectivity index (χ4n) is 0.109. The quantitative estimate of drug-likeness (QED) is 0.503. The molecule has 0 aromatic heterocycles. The molecule has 0 aromatic rings. The highest BCUT2D eigenvalue weighted by atomic mass is 19.3. The third kappa shape index (κ3) is 3.82. The van der Waals surface area contributed by atoms with Gasteiger partial charge in [0, 0.05) is 0 Å². The maximum atomic E-state index is 10.7. The molecule has 0 spiro atoms. The van der Waals surface area contributed by atoms with E-state index in [0.29, 0.717) is 0 Å². The van der Waals surface area contributed by atoms with Crippen LogP contribution < -0.4 is 0 Å². The van der Waals surface area contributed by atoms with E-state index < -0.39 is 6.61 Å². The molecule has 0 N–H and O–H groups in total. The molecule has 0 rings (SSSR count). The van der Waals surface area contributed by atoms with Crippen LogP contribution in [0.25, 0.3) is 0 Å². The first kappa shape index (κ1) is 5.82. The lowest BCUT2D eigenvalue weighted by molar-refractivity contribution is -0.0132. The summed E-state index contributed by atoms with van der Waals surface area (Å²) < 4.78 is 25.1. The largest absolute Gasteiger partial charge is 0.448 e. The highest BCUT2D eigenvalue weighted by Gasteiger charge is 1.99. The molecule has 0 bridgehead atoms. The number of rotatable bonds is 2. The SMILES string of the molecule is CCO[C](F)F. The predicted octanol–water partition coefficient (Wildman–Crippen LogP) is 1.41. The number of ether oxygens (including phenoxy) is 1. The highest BCUT2D eigenvalue weighted by Crippen LogP contribution is 2.01. The molecule has 0 aliphatic carbocycles. The van der Waals surface area contributed by atoms with E-state index in [4.69, 9.17) is 0 Å². The lowest BCUT2D eigenvalue weighted by Crippen LogP contribution is -1.86. The van der Waals surface area contributed by atoms with Gasteiger partial charge < -0.3 is 4.74 Å². The average Bonchev–Trinajstić information content (AvgIpc) is 1.35. The summed E-state index contributed by atoms with van der Waals surface area (Å²) in [7, 11) is 0. The summed E-state index contributed by atoms with van der Waals surface area (Å²) >= 11 is 0. The molecule has 0 fully saturated rings. The Balaban J connectivity index is 2.63. The third-order valence-electron chi connectivity index (χ3n) is 0.253. The molecule has 0 unspecified atom stereocenters. The molecule has 6 heavy (non-hydrogen) atoms. The van der Waals surface area contributed by atoms with Gasteiger partial charge in [-0.05, 0) is 6.92 Å². The van der Waals surface area contributed by atoms with Crippen molar-refractivity contribution < 1.29 is 13.5 Å². The van der Waals surface area contributed by atoms with Crippen molar-refractivity contribution in [3.05, 3.63) is 6.61 Å². The van der Waals surface area contributed by atoms with Gasteiger partial charge in [0.25, 0.3) is 0 Å². The monoisotopic (exact) mass is 95.0 g/mol. The number of hydrogen-bond acceptors (Lipinski definition) is 1. The van der Waals surface area contributed by atoms with Gasteiger partial charge in [-0.3, -0.25) is 0 Å². The first-order chi connectivity index (χ1) is 2.77. The lowest BCUT2D eigenvalue weighted by Gasteiger charge is -1.88. The highest BCUT2D eigenvalue weighted by molar-refractivity contribution is 4.32. The van der Waals surface area contributed by atoms with Crippen molar-refractivity contribution in [2.45, 2.75) is 6.92 Å². The van der Waals surface area contributed by atoms with Crippen LogP contribution in [0.1, 0.15) is 6.92 Å². The van der Waals surface area contributed by atoms with Gasteiger partial charge >= 0.3 is 6.61 Å². The predicted molar refractivity (Wildman–Crippen MR) is 17.1 cm³/mol. The van der Waals surface area contributed by atoms with Gasteiger partial charge in [0.2, 0.25) is 0 Å². The Morgan fingerprint density at radius 1 is 1.67 bits per heavy atom. The van der Waals surface area contributed by atoms with E-state index in [1.54, 1.807) is 0 Å². The Bertz CT molecular complexity index is 30.0. The minimum absolute atomic E-state index is 0.0440. The first-order valence-corrected chi connectivity index (χ1v) is 1.58. The average molecular weight is 95.1 g/mol. The Hall–Kier alpha value is -0.180. The van der Waals surface area contributed by atoms with Crippen LogP contribution >= 0.6 is 0 Å². The number of halogens is 2. The van der Waals surface area contributed by atoms with Crippen LogP contribution in [0.15, 0.2) is 0 Å². The summed E-state index contributed by atoms with van der Waals surface area (Å²) in [5.41, 5.74) is 0. The second-order valence-electron chi connectivity index (χ2n) is 0.659. The van der Waals surface area contributed by atoms with Crippen molar-refractivity contribution in [1.82, 2.24) is 0 Å². The fraction of sp³-hybridized carbons (Fsp3) is 0.667. The van der Waals surface area contributed by atoms with Crippen LogP contribution in [0.4, 0.5) is 8.78 Å². The Morgan fingerprint density at radius 2 is 2.17 bits per heavy atom. The molecule has 0 amide bonds. The van der Waals surface area contributed by atoms with E-state index in [1.807, 2.05) is 0 Å². The summed E-state index contributed by atoms with van der Waals surface area (Å²) in [5, 5.41) is 0. The maximum Gasteiger partial charge on any atom is 0.448 e. The van der Waals surface area contributed by atoms with Crippen LogP contribution in [0, 0.1) is 6.61 Å². The topological polar surface area (TPSA) is 9.23 Å². The molecule has 0 atom stereocenters. The van der Waals surface area contributed by atoms with E-state index >= 15 is 0 Å². The van der Waals surface area contributed by atoms with Crippen LogP contribution in [-0.4, -0.2) is 6.61 Å². The van der Waals surface area contributed by atoms with Gasteiger partial charge in [0.05, 0.1) is 6.61 Å². The normalized spacial score (nSPS) is 10.0. The molecule has 0 saturated carbocycles. The lowest BCUT2D eigenvalue weighted by atomic mass is 10.9. The maximum absolute atomic E-state index is 10.7. The minimum Gasteiger partial charge on any atom is -0.314 e. The van der Waals surface area contributed by atoms with Gasteiger partial charge in [-0.2, -0.15) is 8.78 Å². The first-order valence-electron chi connectivity index (χ1n) is 1.58. The Labute approximate surface area is 34.9 Å². The molecular weight excluding hydrogens is 90.0 g/mol. The van der Waals surface area contributed by atoms with Crippen LogP contribution in [0.2, 0.25) is 0 Å². The second kappa shape index (κ2) is 3.03. The summed E-state index contributed by atoms with van der Waals surface area (Å²) in [5.74, 6) is 0. The molecule has 0 aromatic carbocycles. The molecule has 0 saturated heterocycles. The van der Waals surface area contributed by atoms with Gasteiger partial charge in [-0.1, -0.05) is 0 Å². The summed E-state index contributed by atoms with van der Waals surface area (Å²) in [6.45, 7) is -0.418. The van der Waals surface area contributed by atoms with Crippen molar-refractivity contribution in [2.24, 2.45) is 0 Å². The summed E-state index contributed by atoms with van der Waals surface area (Å²) in [4.78, 5) is 0. The van der Waals surface area contributed by atoms with Crippen LogP contribution in [-0.2, 0) is 4.74 Å². The molecule has 0 heterocycles. The third-order valence-corrected chi connectivity index (χ3v) is 0.253. The zero-order chi connectivity index (χ0) is 4.99. The molecule has 37 valence electrons. The van der Waals surface area contributed by atoms with E-state index in [2.05, 4.69) is 4.74 Å². The molecule has 0 aliphatic heterocycles. The molecule has 0 aliphatic rings. The Morgan fingerprint density at radius 3 is 2.17 bits per heavy atom. The van der Waals surface area contributed by atoms with Crippen molar-refractivity contribution in [3.8, 4) is 0 Å². The fourth-order valence-corrected chi connectivity index (χ4v) is 0.109. The van der Waals surface area contributed by atoms with Gasteiger partial charge in [-0.25, -0.2) is 0 Å². The van der Waals surface area contributed by atoms with E-state index in [1.165, 1.54) is 6.92 Å². The van der Waals surface area contributed by atoms with E-state index in [0.717, 1.165) is 0 Å². The van der Waals surface area contributed by atoms with Crippen molar-refractivity contribution in [2.75, 3.05) is 6.61 Å². The van der Waals surface area contributed by atoms with Gasteiger partial charge in [-0.15, -0.1) is 0 Å². The second-order valence-corrected chi connectivity index (χ2v) is 0.659. The molecule has 3 heteroatoms. The van der Waals surface area contributed by atoms with Crippen LogP contribution in [0.3, 0.4) is 0 Å². The van der Waals surface area contributed by atoms with Crippen LogP contribution in [0.5, 0.6) is 0 Å². The van der Waals surface area contributed by atoms with Crippen molar-refractivity contribution in [1.29, 1.82) is 0 Å². The molecule has 1 radical (unpaired) electrons. The zero-order valence-electron chi connectivity index (χ0n) is 3.37. The van der Waals surface area contributed by atoms with Gasteiger partial charge in [0.15, 0.2) is 0 Å². The Kier molecular flexibility index (Phi) is 2.94. The molecule has 1 nitrogen and oxygen atoms in total. The van der Waals surface area contributed by atoms with Crippen molar-refractivity contribution in [3.63, 3.8) is 0 Å².